The second kappa shape index (κ2) is 9.94. The number of rotatable bonds is 7. The Morgan fingerprint density at radius 2 is 1.78 bits per heavy atom. The number of allylic oxidation sites excluding steroid dienone is 1. The van der Waals surface area contributed by atoms with Crippen LogP contribution < -0.4 is 20.2 Å². The fraction of sp³-hybridized carbons (Fsp3) is 0.0417. The molecule has 0 unspecified atom stereocenters. The van der Waals surface area contributed by atoms with Gasteiger partial charge in [-0.3, -0.25) is 9.59 Å². The second-order valence-electron chi connectivity index (χ2n) is 6.59. The summed E-state index contributed by atoms with van der Waals surface area (Å²) in [6, 6.07) is 17.9. The Bertz CT molecular complexity index is 1180. The molecule has 2 aromatic carbocycles. The van der Waals surface area contributed by atoms with Crippen LogP contribution in [0.4, 0.5) is 0 Å². The molecule has 0 saturated heterocycles. The van der Waals surface area contributed by atoms with Crippen LogP contribution in [0.25, 0.3) is 12.2 Å². The van der Waals surface area contributed by atoms with Gasteiger partial charge in [0.15, 0.2) is 17.3 Å². The minimum absolute atomic E-state index is 0.0190. The highest BCUT2D eigenvalue weighted by atomic mass is 16.7. The van der Waals surface area contributed by atoms with Crippen molar-refractivity contribution in [2.75, 3.05) is 6.79 Å². The molecule has 0 saturated carbocycles. The quantitative estimate of drug-likeness (QED) is 0.339. The Hall–Kier alpha value is -4.59. The summed E-state index contributed by atoms with van der Waals surface area (Å²) in [5.74, 6) is 0.0724. The SMILES string of the molecule is O=C(NN=CC=Cc1ccccc1)C(=Cc1ccc2c(c1)OCO2)NC(=O)c1ccco1. The van der Waals surface area contributed by atoms with Gasteiger partial charge in [-0.25, -0.2) is 5.43 Å². The molecular formula is C24H19N3O5. The first-order valence-electron chi connectivity index (χ1n) is 9.70. The zero-order valence-electron chi connectivity index (χ0n) is 16.9. The van der Waals surface area contributed by atoms with Crippen molar-refractivity contribution in [3.8, 4) is 11.5 Å². The highest BCUT2D eigenvalue weighted by Crippen LogP contribution is 2.33. The summed E-state index contributed by atoms with van der Waals surface area (Å²) in [5, 5.41) is 6.46. The van der Waals surface area contributed by atoms with E-state index in [1.807, 2.05) is 36.4 Å². The van der Waals surface area contributed by atoms with Gasteiger partial charge >= 0.3 is 0 Å². The van der Waals surface area contributed by atoms with E-state index in [4.69, 9.17) is 13.9 Å². The first-order valence-corrected chi connectivity index (χ1v) is 9.70. The van der Waals surface area contributed by atoms with Crippen LogP contribution in [-0.4, -0.2) is 24.8 Å². The van der Waals surface area contributed by atoms with Crippen molar-refractivity contribution in [1.29, 1.82) is 0 Å². The van der Waals surface area contributed by atoms with E-state index in [0.717, 1.165) is 5.56 Å². The minimum Gasteiger partial charge on any atom is -0.459 e. The number of nitrogens with zero attached hydrogens (tertiary/aromatic N) is 1. The van der Waals surface area contributed by atoms with Gasteiger partial charge in [0.25, 0.3) is 11.8 Å². The Labute approximate surface area is 183 Å². The number of ether oxygens (including phenoxy) is 2. The number of fused-ring (bicyclic) bond motifs is 1. The summed E-state index contributed by atoms with van der Waals surface area (Å²) in [6.45, 7) is 0.135. The molecule has 2 heterocycles. The number of carbonyl (C=O) groups is 2. The number of amides is 2. The van der Waals surface area contributed by atoms with Crippen molar-refractivity contribution in [3.05, 3.63) is 95.6 Å². The molecule has 2 N–H and O–H groups in total. The Balaban J connectivity index is 1.48. The van der Waals surface area contributed by atoms with Crippen molar-refractivity contribution < 1.29 is 23.5 Å². The van der Waals surface area contributed by atoms with Gasteiger partial charge in [-0.2, -0.15) is 5.10 Å². The van der Waals surface area contributed by atoms with Crippen molar-refractivity contribution >= 4 is 30.2 Å². The zero-order valence-corrected chi connectivity index (χ0v) is 16.9. The Morgan fingerprint density at radius 1 is 0.938 bits per heavy atom. The fourth-order valence-corrected chi connectivity index (χ4v) is 2.84. The third kappa shape index (κ3) is 5.31. The molecular weight excluding hydrogens is 410 g/mol. The van der Waals surface area contributed by atoms with Crippen LogP contribution in [-0.2, 0) is 4.79 Å². The standard InChI is InChI=1S/C24H19N3O5/c28-23(27-25-12-4-8-17-6-2-1-3-7-17)19(26-24(29)21-9-5-13-30-21)14-18-10-11-20-22(15-18)32-16-31-20/h1-15H,16H2,(H,26,29)(H,27,28). The molecule has 0 fully saturated rings. The van der Waals surface area contributed by atoms with E-state index in [2.05, 4.69) is 15.8 Å². The molecule has 1 aliphatic heterocycles. The van der Waals surface area contributed by atoms with E-state index in [-0.39, 0.29) is 18.3 Å². The largest absolute Gasteiger partial charge is 0.459 e. The van der Waals surface area contributed by atoms with Crippen LogP contribution in [0.5, 0.6) is 11.5 Å². The molecule has 0 atom stereocenters. The summed E-state index contributed by atoms with van der Waals surface area (Å²) < 4.78 is 15.8. The van der Waals surface area contributed by atoms with Crippen molar-refractivity contribution in [1.82, 2.24) is 10.7 Å². The summed E-state index contributed by atoms with van der Waals surface area (Å²) in [7, 11) is 0. The lowest BCUT2D eigenvalue weighted by molar-refractivity contribution is -0.117. The number of furan rings is 1. The van der Waals surface area contributed by atoms with E-state index in [1.165, 1.54) is 24.6 Å². The third-order valence-corrected chi connectivity index (χ3v) is 4.36. The van der Waals surface area contributed by atoms with E-state index in [0.29, 0.717) is 17.1 Å². The molecule has 0 aliphatic carbocycles. The fourth-order valence-electron chi connectivity index (χ4n) is 2.84. The predicted octanol–water partition coefficient (Wildman–Crippen LogP) is 3.59. The van der Waals surface area contributed by atoms with Crippen LogP contribution in [0.1, 0.15) is 21.7 Å². The maximum Gasteiger partial charge on any atom is 0.291 e. The summed E-state index contributed by atoms with van der Waals surface area (Å²) in [5.41, 5.74) is 4.01. The van der Waals surface area contributed by atoms with Gasteiger partial charge < -0.3 is 19.2 Å². The average molecular weight is 429 g/mol. The number of carbonyl (C=O) groups excluding carboxylic acids is 2. The molecule has 2 amide bonds. The minimum atomic E-state index is -0.605. The highest BCUT2D eigenvalue weighted by Gasteiger charge is 2.17. The first-order chi connectivity index (χ1) is 15.7. The van der Waals surface area contributed by atoms with Crippen LogP contribution in [0.15, 0.2) is 88.2 Å². The smallest absolute Gasteiger partial charge is 0.291 e. The van der Waals surface area contributed by atoms with Gasteiger partial charge in [0, 0.05) is 6.21 Å². The lowest BCUT2D eigenvalue weighted by Gasteiger charge is -2.08. The van der Waals surface area contributed by atoms with Gasteiger partial charge in [-0.15, -0.1) is 0 Å². The lowest BCUT2D eigenvalue weighted by atomic mass is 10.1. The number of hydrogen-bond acceptors (Lipinski definition) is 6. The number of hydrazone groups is 1. The topological polar surface area (TPSA) is 102 Å². The Kier molecular flexibility index (Phi) is 6.42. The summed E-state index contributed by atoms with van der Waals surface area (Å²) in [4.78, 5) is 25.1. The molecule has 0 spiro atoms. The predicted molar refractivity (Wildman–Crippen MR) is 119 cm³/mol. The van der Waals surface area contributed by atoms with Crippen LogP contribution in [0.3, 0.4) is 0 Å². The van der Waals surface area contributed by atoms with Gasteiger partial charge in [0.1, 0.15) is 5.70 Å². The third-order valence-electron chi connectivity index (χ3n) is 4.36. The van der Waals surface area contributed by atoms with Crippen molar-refractivity contribution in [2.45, 2.75) is 0 Å². The number of hydrogen-bond donors (Lipinski definition) is 2. The summed E-state index contributed by atoms with van der Waals surface area (Å²) >= 11 is 0. The molecule has 0 radical (unpaired) electrons. The van der Waals surface area contributed by atoms with Gasteiger partial charge in [0.05, 0.1) is 6.26 Å². The van der Waals surface area contributed by atoms with E-state index in [9.17, 15) is 9.59 Å². The zero-order chi connectivity index (χ0) is 22.2. The highest BCUT2D eigenvalue weighted by molar-refractivity contribution is 6.04. The van der Waals surface area contributed by atoms with Gasteiger partial charge in [0.2, 0.25) is 6.79 Å². The molecule has 0 bridgehead atoms. The van der Waals surface area contributed by atoms with E-state index >= 15 is 0 Å². The van der Waals surface area contributed by atoms with E-state index in [1.54, 1.807) is 30.3 Å². The molecule has 1 aromatic heterocycles. The van der Waals surface area contributed by atoms with E-state index < -0.39 is 11.8 Å². The second-order valence-corrected chi connectivity index (χ2v) is 6.59. The van der Waals surface area contributed by atoms with Gasteiger partial charge in [-0.1, -0.05) is 42.5 Å². The van der Waals surface area contributed by atoms with Gasteiger partial charge in [-0.05, 0) is 47.5 Å². The van der Waals surface area contributed by atoms with Crippen molar-refractivity contribution in [2.24, 2.45) is 5.10 Å². The van der Waals surface area contributed by atoms with Crippen LogP contribution in [0, 0.1) is 0 Å². The Morgan fingerprint density at radius 3 is 2.59 bits per heavy atom. The molecule has 8 heteroatoms. The molecule has 1 aliphatic rings. The normalized spacial score (nSPS) is 12.9. The molecule has 3 aromatic rings. The lowest BCUT2D eigenvalue weighted by Crippen LogP contribution is -2.32. The molecule has 4 rings (SSSR count). The molecule has 8 nitrogen and oxygen atoms in total. The number of benzene rings is 2. The summed E-state index contributed by atoms with van der Waals surface area (Å²) in [6.07, 6.45) is 7.86. The monoisotopic (exact) mass is 429 g/mol. The maximum absolute atomic E-state index is 12.7. The number of nitrogens with one attached hydrogen (secondary N) is 2. The maximum atomic E-state index is 12.7. The average Bonchev–Trinajstić information content (AvgIpc) is 3.51. The van der Waals surface area contributed by atoms with Crippen molar-refractivity contribution in [3.63, 3.8) is 0 Å². The molecule has 160 valence electrons. The first kappa shape index (κ1) is 20.7. The van der Waals surface area contributed by atoms with Crippen LogP contribution >= 0.6 is 0 Å². The van der Waals surface area contributed by atoms with Crippen LogP contribution in [0.2, 0.25) is 0 Å². The molecule has 32 heavy (non-hydrogen) atoms.